The van der Waals surface area contributed by atoms with Gasteiger partial charge in [0.25, 0.3) is 0 Å². The topological polar surface area (TPSA) is 104 Å². The molecule has 10 nitrogen and oxygen atoms in total. The fourth-order valence-electron chi connectivity index (χ4n) is 3.58. The van der Waals surface area contributed by atoms with Crippen molar-refractivity contribution in [1.29, 1.82) is 0 Å². The van der Waals surface area contributed by atoms with Crippen molar-refractivity contribution in [3.8, 4) is 11.1 Å². The highest BCUT2D eigenvalue weighted by Crippen LogP contribution is 2.30. The van der Waals surface area contributed by atoms with Gasteiger partial charge in [0.2, 0.25) is 0 Å². The molecular weight excluding hydrogens is 421 g/mol. The van der Waals surface area contributed by atoms with Gasteiger partial charge in [0.05, 0.1) is 25.9 Å². The van der Waals surface area contributed by atoms with E-state index in [2.05, 4.69) is 15.0 Å². The van der Waals surface area contributed by atoms with Gasteiger partial charge in [-0.1, -0.05) is 0 Å². The number of carbonyl (C=O) groups is 3. The number of alkyl carbamates (subject to hydrolysis) is 1. The van der Waals surface area contributed by atoms with Gasteiger partial charge in [0.1, 0.15) is 17.7 Å². The van der Waals surface area contributed by atoms with Crippen molar-refractivity contribution in [1.82, 2.24) is 15.2 Å². The Morgan fingerprint density at radius 2 is 2.06 bits per heavy atom. The highest BCUT2D eigenvalue weighted by atomic mass is 19.1. The Balaban J connectivity index is 1.46. The van der Waals surface area contributed by atoms with E-state index in [0.717, 1.165) is 0 Å². The first-order chi connectivity index (χ1) is 15.4. The molecular formula is C21H22FN5O5. The summed E-state index contributed by atoms with van der Waals surface area (Å²) in [7, 11) is 2.96. The zero-order valence-electron chi connectivity index (χ0n) is 17.6. The molecule has 0 spiro atoms. The quantitative estimate of drug-likeness (QED) is 0.761. The average Bonchev–Trinajstić information content (AvgIpc) is 3.34. The molecule has 4 amide bonds. The molecule has 0 unspecified atom stereocenters. The maximum atomic E-state index is 14.9. The van der Waals surface area contributed by atoms with E-state index in [4.69, 9.17) is 4.74 Å². The summed E-state index contributed by atoms with van der Waals surface area (Å²) in [5.41, 5.74) is 1.20. The molecule has 2 fully saturated rings. The second-order valence-electron chi connectivity index (χ2n) is 7.41. The molecule has 3 heterocycles. The number of likely N-dealkylation sites (N-methyl/N-ethyl adjacent to an activating group) is 1. The average molecular weight is 443 g/mol. The van der Waals surface area contributed by atoms with Crippen molar-refractivity contribution < 1.29 is 28.2 Å². The second kappa shape index (κ2) is 8.69. The number of benzene rings is 1. The molecule has 2 aliphatic heterocycles. The number of methoxy groups -OCH3 is 1. The van der Waals surface area contributed by atoms with Crippen LogP contribution in [0.3, 0.4) is 0 Å². The number of hydrogen-bond donors (Lipinski definition) is 1. The summed E-state index contributed by atoms with van der Waals surface area (Å²) in [6, 6.07) is 7.67. The number of urea groups is 1. The van der Waals surface area contributed by atoms with Gasteiger partial charge in [-0.3, -0.25) is 9.80 Å². The summed E-state index contributed by atoms with van der Waals surface area (Å²) in [6.45, 7) is 1.42. The van der Waals surface area contributed by atoms with Crippen molar-refractivity contribution >= 4 is 29.7 Å². The van der Waals surface area contributed by atoms with E-state index in [9.17, 15) is 18.8 Å². The summed E-state index contributed by atoms with van der Waals surface area (Å²) in [5.74, 6) is -0.0236. The Kier molecular flexibility index (Phi) is 5.80. The Morgan fingerprint density at radius 1 is 1.25 bits per heavy atom. The molecule has 2 aromatic rings. The number of nitrogens with one attached hydrogen (secondary N) is 1. The second-order valence-corrected chi connectivity index (χ2v) is 7.41. The SMILES string of the molecule is COC(=O)NC[C@H]1CN(c2ccc(-c3ccc(N4CCN(C)C4=O)nc3)c(F)c2)C(=O)O1. The zero-order valence-corrected chi connectivity index (χ0v) is 17.6. The van der Waals surface area contributed by atoms with Gasteiger partial charge in [0, 0.05) is 37.5 Å². The predicted molar refractivity (Wildman–Crippen MR) is 113 cm³/mol. The number of rotatable bonds is 5. The van der Waals surface area contributed by atoms with Crippen LogP contribution in [0.2, 0.25) is 0 Å². The van der Waals surface area contributed by atoms with Crippen LogP contribution in [-0.4, -0.2) is 74.5 Å². The number of anilines is 2. The molecule has 32 heavy (non-hydrogen) atoms. The maximum absolute atomic E-state index is 14.9. The first-order valence-electron chi connectivity index (χ1n) is 9.96. The number of pyridine rings is 1. The van der Waals surface area contributed by atoms with E-state index in [1.807, 2.05) is 0 Å². The molecule has 0 radical (unpaired) electrons. The molecule has 11 heteroatoms. The van der Waals surface area contributed by atoms with Gasteiger partial charge in [0.15, 0.2) is 0 Å². The van der Waals surface area contributed by atoms with Crippen LogP contribution < -0.4 is 15.1 Å². The highest BCUT2D eigenvalue weighted by Gasteiger charge is 2.33. The number of nitrogens with zero attached hydrogens (tertiary/aromatic N) is 4. The van der Waals surface area contributed by atoms with Crippen molar-refractivity contribution in [2.45, 2.75) is 6.10 Å². The lowest BCUT2D eigenvalue weighted by atomic mass is 10.1. The van der Waals surface area contributed by atoms with Crippen LogP contribution in [0.15, 0.2) is 36.5 Å². The number of aromatic nitrogens is 1. The van der Waals surface area contributed by atoms with E-state index in [0.29, 0.717) is 35.7 Å². The van der Waals surface area contributed by atoms with Crippen LogP contribution in [0.5, 0.6) is 0 Å². The van der Waals surface area contributed by atoms with Crippen LogP contribution >= 0.6 is 0 Å². The highest BCUT2D eigenvalue weighted by molar-refractivity contribution is 5.93. The van der Waals surface area contributed by atoms with Gasteiger partial charge in [-0.25, -0.2) is 23.8 Å². The minimum Gasteiger partial charge on any atom is -0.453 e. The third-order valence-electron chi connectivity index (χ3n) is 5.35. The summed E-state index contributed by atoms with van der Waals surface area (Å²) in [6.07, 6.45) is -0.318. The number of cyclic esters (lactones) is 1. The maximum Gasteiger partial charge on any atom is 0.414 e. The van der Waals surface area contributed by atoms with Gasteiger partial charge < -0.3 is 19.7 Å². The first kappa shape index (κ1) is 21.3. The molecule has 2 aliphatic rings. The number of hydrogen-bond acceptors (Lipinski definition) is 6. The lowest BCUT2D eigenvalue weighted by Crippen LogP contribution is -2.34. The molecule has 1 atom stereocenters. The fourth-order valence-corrected chi connectivity index (χ4v) is 3.58. The van der Waals surface area contributed by atoms with Gasteiger partial charge in [-0.15, -0.1) is 0 Å². The number of ether oxygens (including phenoxy) is 2. The van der Waals surface area contributed by atoms with Crippen LogP contribution in [0.1, 0.15) is 0 Å². The lowest BCUT2D eigenvalue weighted by molar-refractivity contribution is 0.132. The smallest absolute Gasteiger partial charge is 0.414 e. The van der Waals surface area contributed by atoms with Gasteiger partial charge in [-0.2, -0.15) is 0 Å². The minimum atomic E-state index is -0.629. The molecule has 168 valence electrons. The van der Waals surface area contributed by atoms with E-state index in [1.165, 1.54) is 24.3 Å². The van der Waals surface area contributed by atoms with Crippen molar-refractivity contribution in [2.24, 2.45) is 0 Å². The Bertz CT molecular complexity index is 1050. The van der Waals surface area contributed by atoms with E-state index < -0.39 is 24.1 Å². The Labute approximate surface area is 183 Å². The summed E-state index contributed by atoms with van der Waals surface area (Å²) in [5, 5.41) is 2.47. The van der Waals surface area contributed by atoms with Crippen LogP contribution in [0.25, 0.3) is 11.1 Å². The van der Waals surface area contributed by atoms with Crippen molar-refractivity contribution in [3.63, 3.8) is 0 Å². The monoisotopic (exact) mass is 443 g/mol. The minimum absolute atomic E-state index is 0.0861. The third-order valence-corrected chi connectivity index (χ3v) is 5.35. The fraction of sp³-hybridized carbons (Fsp3) is 0.333. The molecule has 4 rings (SSSR count). The largest absolute Gasteiger partial charge is 0.453 e. The molecule has 0 aliphatic carbocycles. The molecule has 0 bridgehead atoms. The number of halogens is 1. The summed E-state index contributed by atoms with van der Waals surface area (Å²) in [4.78, 5) is 44.2. The van der Waals surface area contributed by atoms with E-state index >= 15 is 0 Å². The lowest BCUT2D eigenvalue weighted by Gasteiger charge is -2.16. The first-order valence-corrected chi connectivity index (χ1v) is 9.96. The van der Waals surface area contributed by atoms with E-state index in [-0.39, 0.29) is 19.1 Å². The molecule has 0 saturated carbocycles. The Morgan fingerprint density at radius 3 is 2.69 bits per heavy atom. The Hall–Kier alpha value is -3.89. The number of carbonyl (C=O) groups excluding carboxylic acids is 3. The van der Waals surface area contributed by atoms with Crippen molar-refractivity contribution in [3.05, 3.63) is 42.3 Å². The molecule has 1 N–H and O–H groups in total. The van der Waals surface area contributed by atoms with Gasteiger partial charge in [-0.05, 0) is 30.3 Å². The zero-order chi connectivity index (χ0) is 22.8. The standard InChI is InChI=1S/C21H22FN5O5/c1-25-7-8-26(20(25)29)18-6-3-13(10-23-18)16-5-4-14(9-17(16)22)27-12-15(32-21(27)30)11-24-19(28)31-2/h3-6,9-10,15H,7-8,11-12H2,1-2H3,(H,24,28)/t15-/m0/s1. The van der Waals surface area contributed by atoms with Crippen molar-refractivity contribution in [2.75, 3.05) is 50.1 Å². The normalized spacial score (nSPS) is 18.2. The predicted octanol–water partition coefficient (Wildman–Crippen LogP) is 2.44. The van der Waals surface area contributed by atoms with Crippen LogP contribution in [-0.2, 0) is 9.47 Å². The molecule has 1 aromatic heterocycles. The summed E-state index contributed by atoms with van der Waals surface area (Å²) >= 11 is 0. The van der Waals surface area contributed by atoms with Gasteiger partial charge >= 0.3 is 18.2 Å². The van der Waals surface area contributed by atoms with Crippen LogP contribution in [0, 0.1) is 5.82 Å². The third kappa shape index (κ3) is 4.13. The number of amides is 4. The van der Waals surface area contributed by atoms with E-state index in [1.54, 1.807) is 41.1 Å². The molecule has 2 saturated heterocycles. The summed E-state index contributed by atoms with van der Waals surface area (Å²) < 4.78 is 24.6. The molecule has 1 aromatic carbocycles. The van der Waals surface area contributed by atoms with Crippen LogP contribution in [0.4, 0.5) is 30.3 Å².